The molecular formula is C18H23BrN4OS. The van der Waals surface area contributed by atoms with Gasteiger partial charge in [0.1, 0.15) is 6.54 Å². The molecule has 1 atom stereocenters. The van der Waals surface area contributed by atoms with E-state index in [0.717, 1.165) is 10.0 Å². The number of rotatable bonds is 6. The Morgan fingerprint density at radius 3 is 2.68 bits per heavy atom. The zero-order chi connectivity index (χ0) is 18.2. The van der Waals surface area contributed by atoms with E-state index in [1.165, 1.54) is 9.78 Å². The van der Waals surface area contributed by atoms with Crippen LogP contribution in [0, 0.1) is 0 Å². The minimum atomic E-state index is -0.0363. The lowest BCUT2D eigenvalue weighted by atomic mass is 10.1. The Kier molecular flexibility index (Phi) is 7.46. The zero-order valence-corrected chi connectivity index (χ0v) is 17.0. The predicted molar refractivity (Wildman–Crippen MR) is 108 cm³/mol. The molecule has 2 rings (SSSR count). The van der Waals surface area contributed by atoms with E-state index >= 15 is 0 Å². The predicted octanol–water partition coefficient (Wildman–Crippen LogP) is 3.40. The maximum Gasteiger partial charge on any atom is 0.243 e. The van der Waals surface area contributed by atoms with Crippen LogP contribution >= 0.6 is 27.3 Å². The molecule has 2 N–H and O–H groups in total. The normalized spacial score (nSPS) is 12.6. The number of nitrogens with one attached hydrogen (secondary N) is 2. The highest BCUT2D eigenvalue weighted by Crippen LogP contribution is 2.22. The molecule has 134 valence electrons. The van der Waals surface area contributed by atoms with E-state index in [0.29, 0.717) is 12.5 Å². The van der Waals surface area contributed by atoms with Crippen LogP contribution in [0.4, 0.5) is 0 Å². The van der Waals surface area contributed by atoms with Crippen molar-refractivity contribution in [3.63, 3.8) is 0 Å². The molecule has 0 bridgehead atoms. The van der Waals surface area contributed by atoms with Crippen LogP contribution in [0.25, 0.3) is 0 Å². The van der Waals surface area contributed by atoms with Crippen LogP contribution in [0.15, 0.2) is 51.2 Å². The molecule has 1 aromatic carbocycles. The summed E-state index contributed by atoms with van der Waals surface area (Å²) in [6.45, 7) is 2.84. The summed E-state index contributed by atoms with van der Waals surface area (Å²) < 4.78 is 1.04. The maximum atomic E-state index is 11.8. The lowest BCUT2D eigenvalue weighted by Crippen LogP contribution is -2.39. The van der Waals surface area contributed by atoms with Crippen molar-refractivity contribution in [1.82, 2.24) is 15.5 Å². The quantitative estimate of drug-likeness (QED) is 0.553. The Morgan fingerprint density at radius 1 is 1.28 bits per heavy atom. The number of carbonyl (C=O) groups excluding carboxylic acids is 1. The van der Waals surface area contributed by atoms with Gasteiger partial charge in [0.05, 0.1) is 12.6 Å². The molecule has 0 spiro atoms. The average Bonchev–Trinajstić information content (AvgIpc) is 3.10. The number of hydrogen-bond donors (Lipinski definition) is 2. The summed E-state index contributed by atoms with van der Waals surface area (Å²) >= 11 is 5.26. The van der Waals surface area contributed by atoms with E-state index < -0.39 is 0 Å². The number of benzene rings is 1. The molecule has 1 amide bonds. The lowest BCUT2D eigenvalue weighted by Gasteiger charge is -2.20. The minimum Gasteiger partial charge on any atom is -0.351 e. The van der Waals surface area contributed by atoms with E-state index in [-0.39, 0.29) is 18.5 Å². The van der Waals surface area contributed by atoms with Gasteiger partial charge in [0, 0.05) is 23.4 Å². The van der Waals surface area contributed by atoms with Gasteiger partial charge in [-0.15, -0.1) is 11.3 Å². The molecule has 0 aliphatic heterocycles. The average molecular weight is 423 g/mol. The van der Waals surface area contributed by atoms with Gasteiger partial charge in [-0.25, -0.2) is 4.99 Å². The van der Waals surface area contributed by atoms with Crippen LogP contribution in [-0.4, -0.2) is 37.4 Å². The molecular weight excluding hydrogens is 400 g/mol. The van der Waals surface area contributed by atoms with Gasteiger partial charge in [-0.2, -0.15) is 0 Å². The smallest absolute Gasteiger partial charge is 0.243 e. The summed E-state index contributed by atoms with van der Waals surface area (Å²) in [5, 5.41) is 8.72. The number of hydrogen-bond acceptors (Lipinski definition) is 3. The number of guanidine groups is 1. The first-order chi connectivity index (χ1) is 12.0. The molecule has 1 aromatic heterocycles. The third-order valence-electron chi connectivity index (χ3n) is 3.61. The van der Waals surface area contributed by atoms with Crippen LogP contribution < -0.4 is 10.6 Å². The standard InChI is InChI=1S/C18H23BrN4OS/c1-13(15-8-4-5-9-16(15)19)22-18(21-12-17(24)23(2)3)20-11-14-7-6-10-25-14/h4-10,13H,11-12H2,1-3H3,(H2,20,21,22). The maximum absolute atomic E-state index is 11.8. The van der Waals surface area contributed by atoms with Crippen molar-refractivity contribution in [3.05, 3.63) is 56.7 Å². The zero-order valence-electron chi connectivity index (χ0n) is 14.6. The summed E-state index contributed by atoms with van der Waals surface area (Å²) in [5.74, 6) is 0.581. The lowest BCUT2D eigenvalue weighted by molar-refractivity contribution is -0.127. The fourth-order valence-corrected chi connectivity index (χ4v) is 3.41. The highest BCUT2D eigenvalue weighted by Gasteiger charge is 2.12. The number of nitrogens with zero attached hydrogens (tertiary/aromatic N) is 2. The Labute approximate surface area is 161 Å². The van der Waals surface area contributed by atoms with Crippen LogP contribution in [-0.2, 0) is 11.3 Å². The molecule has 25 heavy (non-hydrogen) atoms. The van der Waals surface area contributed by atoms with Gasteiger partial charge in [-0.05, 0) is 30.0 Å². The molecule has 0 saturated heterocycles. The second-order valence-electron chi connectivity index (χ2n) is 5.77. The molecule has 2 aromatic rings. The Morgan fingerprint density at radius 2 is 2.04 bits per heavy atom. The van der Waals surface area contributed by atoms with Gasteiger partial charge >= 0.3 is 0 Å². The minimum absolute atomic E-state index is 0.0363. The fraction of sp³-hybridized carbons (Fsp3) is 0.333. The van der Waals surface area contributed by atoms with E-state index in [1.54, 1.807) is 25.4 Å². The van der Waals surface area contributed by atoms with Crippen molar-refractivity contribution in [2.45, 2.75) is 19.5 Å². The summed E-state index contributed by atoms with van der Waals surface area (Å²) in [6.07, 6.45) is 0. The number of halogens is 1. The van der Waals surface area contributed by atoms with Crippen molar-refractivity contribution in [3.8, 4) is 0 Å². The molecule has 0 radical (unpaired) electrons. The molecule has 5 nitrogen and oxygen atoms in total. The molecule has 1 unspecified atom stereocenters. The van der Waals surface area contributed by atoms with Crippen LogP contribution in [0.3, 0.4) is 0 Å². The van der Waals surface area contributed by atoms with Gasteiger partial charge in [0.25, 0.3) is 0 Å². The monoisotopic (exact) mass is 422 g/mol. The van der Waals surface area contributed by atoms with E-state index in [9.17, 15) is 4.79 Å². The van der Waals surface area contributed by atoms with Crippen molar-refractivity contribution in [2.75, 3.05) is 20.6 Å². The van der Waals surface area contributed by atoms with Crippen LogP contribution in [0.5, 0.6) is 0 Å². The fourth-order valence-electron chi connectivity index (χ4n) is 2.13. The van der Waals surface area contributed by atoms with Crippen LogP contribution in [0.1, 0.15) is 23.4 Å². The second kappa shape index (κ2) is 9.58. The van der Waals surface area contributed by atoms with Gasteiger partial charge in [-0.3, -0.25) is 4.79 Å². The summed E-state index contributed by atoms with van der Waals surface area (Å²) in [7, 11) is 3.46. The molecule has 0 fully saturated rings. The van der Waals surface area contributed by atoms with Crippen LogP contribution in [0.2, 0.25) is 0 Å². The van der Waals surface area contributed by atoms with Gasteiger partial charge in [0.2, 0.25) is 5.91 Å². The number of aliphatic imine (C=N–C) groups is 1. The molecule has 1 heterocycles. The first-order valence-electron chi connectivity index (χ1n) is 7.99. The first kappa shape index (κ1) is 19.5. The SMILES string of the molecule is CC(NC(=NCC(=O)N(C)C)NCc1cccs1)c1ccccc1Br. The van der Waals surface area contributed by atoms with Crippen molar-refractivity contribution < 1.29 is 4.79 Å². The Bertz CT molecular complexity index is 716. The van der Waals surface area contributed by atoms with Crippen molar-refractivity contribution >= 4 is 39.1 Å². The number of likely N-dealkylation sites (N-methyl/N-ethyl adjacent to an activating group) is 1. The molecule has 0 saturated carbocycles. The number of amides is 1. The summed E-state index contributed by atoms with van der Waals surface area (Å²) in [5.41, 5.74) is 1.13. The van der Waals surface area contributed by atoms with E-state index in [1.807, 2.05) is 29.6 Å². The van der Waals surface area contributed by atoms with E-state index in [4.69, 9.17) is 0 Å². The summed E-state index contributed by atoms with van der Waals surface area (Å²) in [6, 6.07) is 12.2. The summed E-state index contributed by atoms with van der Waals surface area (Å²) in [4.78, 5) is 19.0. The Balaban J connectivity index is 2.08. The van der Waals surface area contributed by atoms with Crippen molar-refractivity contribution in [2.24, 2.45) is 4.99 Å². The molecule has 0 aliphatic carbocycles. The third-order valence-corrected chi connectivity index (χ3v) is 5.20. The second-order valence-corrected chi connectivity index (χ2v) is 7.66. The first-order valence-corrected chi connectivity index (χ1v) is 9.66. The van der Waals surface area contributed by atoms with Gasteiger partial charge in [0.15, 0.2) is 5.96 Å². The van der Waals surface area contributed by atoms with E-state index in [2.05, 4.69) is 50.6 Å². The number of carbonyl (C=O) groups is 1. The highest BCUT2D eigenvalue weighted by atomic mass is 79.9. The highest BCUT2D eigenvalue weighted by molar-refractivity contribution is 9.10. The third kappa shape index (κ3) is 6.17. The van der Waals surface area contributed by atoms with Gasteiger partial charge in [-0.1, -0.05) is 40.2 Å². The van der Waals surface area contributed by atoms with Gasteiger partial charge < -0.3 is 15.5 Å². The molecule has 0 aliphatic rings. The largest absolute Gasteiger partial charge is 0.351 e. The Hall–Kier alpha value is -1.86. The molecule has 7 heteroatoms. The number of thiophene rings is 1. The topological polar surface area (TPSA) is 56.7 Å². The van der Waals surface area contributed by atoms with Crippen molar-refractivity contribution in [1.29, 1.82) is 0 Å².